The summed E-state index contributed by atoms with van der Waals surface area (Å²) in [6, 6.07) is 2.02. The first-order chi connectivity index (χ1) is 8.45. The molecule has 0 spiro atoms. The highest BCUT2D eigenvalue weighted by Crippen LogP contribution is 2.47. The smallest absolute Gasteiger partial charge is 0.319 e. The highest BCUT2D eigenvalue weighted by Gasteiger charge is 2.58. The van der Waals surface area contributed by atoms with Crippen LogP contribution >= 0.6 is 27.3 Å². The third-order valence-electron chi connectivity index (χ3n) is 3.23. The molecule has 1 aliphatic carbocycles. The number of rotatable bonds is 5. The van der Waals surface area contributed by atoms with E-state index in [-0.39, 0.29) is 5.91 Å². The lowest BCUT2D eigenvalue weighted by Crippen LogP contribution is -2.39. The van der Waals surface area contributed by atoms with Crippen LogP contribution in [0.25, 0.3) is 0 Å². The Bertz CT molecular complexity index is 481. The molecule has 0 bridgehead atoms. The highest BCUT2D eigenvalue weighted by molar-refractivity contribution is 9.10. The third-order valence-corrected chi connectivity index (χ3v) is 4.99. The predicted molar refractivity (Wildman–Crippen MR) is 72.7 cm³/mol. The minimum absolute atomic E-state index is 0.259. The van der Waals surface area contributed by atoms with E-state index in [1.54, 1.807) is 18.4 Å². The van der Waals surface area contributed by atoms with Gasteiger partial charge in [-0.25, -0.2) is 0 Å². The van der Waals surface area contributed by atoms with Crippen LogP contribution in [0.4, 0.5) is 0 Å². The number of carboxylic acids is 1. The molecule has 0 saturated heterocycles. The van der Waals surface area contributed by atoms with Crippen molar-refractivity contribution in [2.75, 3.05) is 13.6 Å². The number of nitrogens with zero attached hydrogens (tertiary/aromatic N) is 1. The van der Waals surface area contributed by atoms with E-state index in [1.165, 1.54) is 9.78 Å². The molecule has 6 heteroatoms. The number of aliphatic carboxylic acids is 1. The topological polar surface area (TPSA) is 57.6 Å². The molecule has 98 valence electrons. The van der Waals surface area contributed by atoms with Crippen LogP contribution in [0.1, 0.15) is 17.7 Å². The molecule has 0 atom stereocenters. The number of hydrogen-bond acceptors (Lipinski definition) is 3. The number of carbonyl (C=O) groups is 2. The first-order valence-corrected chi connectivity index (χ1v) is 7.35. The van der Waals surface area contributed by atoms with E-state index in [9.17, 15) is 9.59 Å². The minimum atomic E-state index is -1.12. The first-order valence-electron chi connectivity index (χ1n) is 5.67. The van der Waals surface area contributed by atoms with Gasteiger partial charge in [0.2, 0.25) is 5.91 Å². The Labute approximate surface area is 118 Å². The Morgan fingerprint density at radius 1 is 1.56 bits per heavy atom. The van der Waals surface area contributed by atoms with E-state index in [0.717, 1.165) is 10.9 Å². The van der Waals surface area contributed by atoms with Crippen molar-refractivity contribution >= 4 is 39.1 Å². The van der Waals surface area contributed by atoms with E-state index in [1.807, 2.05) is 11.4 Å². The largest absolute Gasteiger partial charge is 0.480 e. The second-order valence-electron chi connectivity index (χ2n) is 4.60. The quantitative estimate of drug-likeness (QED) is 0.843. The van der Waals surface area contributed by atoms with Crippen LogP contribution in [0, 0.1) is 5.41 Å². The summed E-state index contributed by atoms with van der Waals surface area (Å²) in [5.74, 6) is -1.25. The van der Waals surface area contributed by atoms with Gasteiger partial charge in [-0.1, -0.05) is 0 Å². The molecule has 4 nitrogen and oxygen atoms in total. The molecule has 1 aromatic heterocycles. The minimum Gasteiger partial charge on any atom is -0.480 e. The summed E-state index contributed by atoms with van der Waals surface area (Å²) < 4.78 is 1.04. The molecule has 1 aliphatic rings. The van der Waals surface area contributed by atoms with E-state index in [2.05, 4.69) is 15.9 Å². The van der Waals surface area contributed by atoms with E-state index in [4.69, 9.17) is 5.11 Å². The van der Waals surface area contributed by atoms with Crippen molar-refractivity contribution < 1.29 is 14.7 Å². The van der Waals surface area contributed by atoms with Crippen molar-refractivity contribution in [1.82, 2.24) is 4.90 Å². The molecule has 1 aromatic rings. The molecule has 0 aliphatic heterocycles. The van der Waals surface area contributed by atoms with Crippen LogP contribution in [-0.4, -0.2) is 35.5 Å². The summed E-state index contributed by atoms with van der Waals surface area (Å²) in [5, 5.41) is 11.1. The number of carboxylic acid groups (broad SMARTS) is 1. The number of carbonyl (C=O) groups excluding carboxylic acids is 1. The second-order valence-corrected chi connectivity index (χ2v) is 6.51. The molecule has 1 N–H and O–H groups in total. The molecule has 2 rings (SSSR count). The zero-order chi connectivity index (χ0) is 13.3. The fourth-order valence-electron chi connectivity index (χ4n) is 1.87. The number of amides is 1. The van der Waals surface area contributed by atoms with Crippen molar-refractivity contribution in [2.24, 2.45) is 5.41 Å². The molecule has 0 unspecified atom stereocenters. The highest BCUT2D eigenvalue weighted by atomic mass is 79.9. The predicted octanol–water partition coefficient (Wildman–Crippen LogP) is 2.38. The van der Waals surface area contributed by atoms with E-state index < -0.39 is 11.4 Å². The number of hydrogen-bond donors (Lipinski definition) is 1. The van der Waals surface area contributed by atoms with Gasteiger partial charge in [-0.05, 0) is 41.3 Å². The van der Waals surface area contributed by atoms with Crippen molar-refractivity contribution in [3.63, 3.8) is 0 Å². The van der Waals surface area contributed by atoms with E-state index >= 15 is 0 Å². The Morgan fingerprint density at radius 2 is 2.22 bits per heavy atom. The first kappa shape index (κ1) is 13.5. The van der Waals surface area contributed by atoms with Crippen LogP contribution in [0.5, 0.6) is 0 Å². The lowest BCUT2D eigenvalue weighted by atomic mass is 10.1. The maximum absolute atomic E-state index is 12.0. The summed E-state index contributed by atoms with van der Waals surface area (Å²) in [4.78, 5) is 25.8. The molecule has 1 saturated carbocycles. The SMILES string of the molecule is CN(CCc1cc(Br)cs1)C(=O)C1(C(=O)O)CC1. The Kier molecular flexibility index (Phi) is 3.77. The fraction of sp³-hybridized carbons (Fsp3) is 0.500. The third kappa shape index (κ3) is 2.59. The van der Waals surface area contributed by atoms with Crippen molar-refractivity contribution in [1.29, 1.82) is 0 Å². The lowest BCUT2D eigenvalue weighted by molar-refractivity contribution is -0.152. The molecule has 0 radical (unpaired) electrons. The van der Waals surface area contributed by atoms with Gasteiger partial charge in [0.05, 0.1) is 0 Å². The zero-order valence-corrected chi connectivity index (χ0v) is 12.4. The standard InChI is InChI=1S/C12H14BrNO3S/c1-14(5-2-9-6-8(13)7-18-9)10(15)12(3-4-12)11(16)17/h6-7H,2-5H2,1H3,(H,16,17). The van der Waals surface area contributed by atoms with Gasteiger partial charge in [-0.3, -0.25) is 9.59 Å². The Balaban J connectivity index is 1.90. The van der Waals surface area contributed by atoms with Crippen LogP contribution in [0.2, 0.25) is 0 Å². The average molecular weight is 332 g/mol. The van der Waals surface area contributed by atoms with Crippen molar-refractivity contribution in [2.45, 2.75) is 19.3 Å². The number of thiophene rings is 1. The summed E-state index contributed by atoms with van der Waals surface area (Å²) in [6.45, 7) is 0.556. The van der Waals surface area contributed by atoms with Crippen molar-refractivity contribution in [3.05, 3.63) is 20.8 Å². The molecule has 18 heavy (non-hydrogen) atoms. The van der Waals surface area contributed by atoms with Gasteiger partial charge in [-0.15, -0.1) is 11.3 Å². The van der Waals surface area contributed by atoms with Crippen LogP contribution in [0.15, 0.2) is 15.9 Å². The second kappa shape index (κ2) is 5.01. The van der Waals surface area contributed by atoms with E-state index in [0.29, 0.717) is 19.4 Å². The van der Waals surface area contributed by atoms with Gasteiger partial charge < -0.3 is 10.0 Å². The van der Waals surface area contributed by atoms with Gasteiger partial charge in [0, 0.05) is 28.3 Å². The molecule has 1 heterocycles. The molecular formula is C12H14BrNO3S. The number of halogens is 1. The molecule has 0 aromatic carbocycles. The summed E-state index contributed by atoms with van der Waals surface area (Å²) >= 11 is 5.01. The summed E-state index contributed by atoms with van der Waals surface area (Å²) in [5.41, 5.74) is -1.12. The summed E-state index contributed by atoms with van der Waals surface area (Å²) in [7, 11) is 1.67. The van der Waals surface area contributed by atoms with Gasteiger partial charge in [-0.2, -0.15) is 0 Å². The maximum atomic E-state index is 12.0. The van der Waals surface area contributed by atoms with Crippen LogP contribution in [0.3, 0.4) is 0 Å². The lowest BCUT2D eigenvalue weighted by Gasteiger charge is -2.20. The normalized spacial score (nSPS) is 16.3. The Hall–Kier alpha value is -0.880. The Morgan fingerprint density at radius 3 is 2.67 bits per heavy atom. The summed E-state index contributed by atoms with van der Waals surface area (Å²) in [6.07, 6.45) is 1.69. The maximum Gasteiger partial charge on any atom is 0.319 e. The van der Waals surface area contributed by atoms with Gasteiger partial charge >= 0.3 is 5.97 Å². The van der Waals surface area contributed by atoms with Gasteiger partial charge in [0.15, 0.2) is 0 Å². The van der Waals surface area contributed by atoms with Gasteiger partial charge in [0.1, 0.15) is 5.41 Å². The fourth-order valence-corrected chi connectivity index (χ4v) is 3.32. The molecule has 1 amide bonds. The number of likely N-dealkylation sites (N-methyl/N-ethyl adjacent to an activating group) is 1. The molecular weight excluding hydrogens is 318 g/mol. The zero-order valence-electron chi connectivity index (χ0n) is 9.98. The van der Waals surface area contributed by atoms with Crippen LogP contribution < -0.4 is 0 Å². The average Bonchev–Trinajstić information content (AvgIpc) is 3.04. The van der Waals surface area contributed by atoms with Gasteiger partial charge in [0.25, 0.3) is 0 Å². The van der Waals surface area contributed by atoms with Crippen molar-refractivity contribution in [3.8, 4) is 0 Å². The monoisotopic (exact) mass is 331 g/mol. The molecule has 1 fully saturated rings. The van der Waals surface area contributed by atoms with Crippen LogP contribution in [-0.2, 0) is 16.0 Å².